The fourth-order valence-electron chi connectivity index (χ4n) is 4.02. The summed E-state index contributed by atoms with van der Waals surface area (Å²) in [6.45, 7) is 4.50. The van der Waals surface area contributed by atoms with E-state index in [4.69, 9.17) is 11.6 Å². The van der Waals surface area contributed by atoms with E-state index in [2.05, 4.69) is 22.2 Å². The Balaban J connectivity index is 1.51. The molecule has 1 amide bonds. The van der Waals surface area contributed by atoms with Crippen LogP contribution >= 0.6 is 11.6 Å². The van der Waals surface area contributed by atoms with E-state index in [0.29, 0.717) is 17.0 Å². The molecule has 5 rings (SSSR count). The fraction of sp³-hybridized carbons (Fsp3) is 0.444. The van der Waals surface area contributed by atoms with Crippen LogP contribution in [0.2, 0.25) is 5.02 Å². The Hall–Kier alpha value is -1.85. The van der Waals surface area contributed by atoms with Crippen molar-refractivity contribution in [3.05, 3.63) is 41.7 Å². The number of piperidine rings is 3. The van der Waals surface area contributed by atoms with E-state index in [1.807, 2.05) is 24.3 Å². The lowest BCUT2D eigenvalue weighted by atomic mass is 9.79. The topological polar surface area (TPSA) is 50.2 Å². The minimum Gasteiger partial charge on any atom is -0.332 e. The lowest BCUT2D eigenvalue weighted by Crippen LogP contribution is -2.62. The van der Waals surface area contributed by atoms with E-state index in [9.17, 15) is 4.79 Å². The van der Waals surface area contributed by atoms with E-state index in [-0.39, 0.29) is 12.1 Å². The van der Waals surface area contributed by atoms with Gasteiger partial charge >= 0.3 is 6.03 Å². The summed E-state index contributed by atoms with van der Waals surface area (Å²) in [5, 5.41) is 8.06. The van der Waals surface area contributed by atoms with Gasteiger partial charge in [-0.05, 0) is 44.8 Å². The highest BCUT2D eigenvalue weighted by Gasteiger charge is 2.40. The van der Waals surface area contributed by atoms with Crippen LogP contribution in [0.1, 0.15) is 19.8 Å². The summed E-state index contributed by atoms with van der Waals surface area (Å²) in [7, 11) is 0. The van der Waals surface area contributed by atoms with Gasteiger partial charge in [0.2, 0.25) is 0 Å². The Morgan fingerprint density at radius 1 is 1.29 bits per heavy atom. The molecule has 3 aliphatic rings. The molecule has 1 N–H and O–H groups in total. The van der Waals surface area contributed by atoms with E-state index < -0.39 is 0 Å². The van der Waals surface area contributed by atoms with Crippen molar-refractivity contribution in [3.63, 3.8) is 0 Å². The van der Waals surface area contributed by atoms with Crippen LogP contribution in [0.5, 0.6) is 0 Å². The molecule has 5 nitrogen and oxygen atoms in total. The largest absolute Gasteiger partial charge is 0.342 e. The Morgan fingerprint density at radius 2 is 2.04 bits per heavy atom. The fourth-order valence-corrected chi connectivity index (χ4v) is 4.27. The number of rotatable bonds is 2. The van der Waals surface area contributed by atoms with E-state index in [1.165, 1.54) is 17.5 Å². The summed E-state index contributed by atoms with van der Waals surface area (Å²) in [6, 6.07) is 8.00. The number of nitrogens with zero attached hydrogens (tertiary/aromatic N) is 3. The molecule has 24 heavy (non-hydrogen) atoms. The number of hydrogen-bond acceptors (Lipinski definition) is 3. The summed E-state index contributed by atoms with van der Waals surface area (Å²) in [6.07, 6.45) is 5.75. The molecule has 126 valence electrons. The SMILES string of the molecule is C[C@H]1[C@H](NC(=O)n2cc(-c3ccccc3Cl)cn2)C2CCN1CC2. The van der Waals surface area contributed by atoms with Crippen LogP contribution in [0, 0.1) is 5.92 Å². The molecule has 0 aliphatic carbocycles. The predicted octanol–water partition coefficient (Wildman–Crippen LogP) is 3.24. The highest BCUT2D eigenvalue weighted by atomic mass is 35.5. The number of aromatic nitrogens is 2. The Kier molecular flexibility index (Phi) is 4.06. The highest BCUT2D eigenvalue weighted by molar-refractivity contribution is 6.33. The van der Waals surface area contributed by atoms with Gasteiger partial charge in [-0.2, -0.15) is 9.78 Å². The zero-order valence-corrected chi connectivity index (χ0v) is 14.4. The van der Waals surface area contributed by atoms with Crippen LogP contribution in [0.3, 0.4) is 0 Å². The number of amides is 1. The number of carbonyl (C=O) groups is 1. The van der Waals surface area contributed by atoms with Crippen molar-refractivity contribution in [2.24, 2.45) is 5.92 Å². The van der Waals surface area contributed by atoms with Gasteiger partial charge in [-0.25, -0.2) is 4.79 Å². The molecule has 0 saturated carbocycles. The van der Waals surface area contributed by atoms with Crippen molar-refractivity contribution in [3.8, 4) is 11.1 Å². The lowest BCUT2D eigenvalue weighted by molar-refractivity contribution is 0.0266. The van der Waals surface area contributed by atoms with Gasteiger partial charge < -0.3 is 5.32 Å². The summed E-state index contributed by atoms with van der Waals surface area (Å²) >= 11 is 6.22. The summed E-state index contributed by atoms with van der Waals surface area (Å²) < 4.78 is 1.38. The van der Waals surface area contributed by atoms with Gasteiger partial charge in [0.05, 0.1) is 6.20 Å². The second-order valence-electron chi connectivity index (χ2n) is 6.74. The van der Waals surface area contributed by atoms with Gasteiger partial charge in [0.15, 0.2) is 0 Å². The van der Waals surface area contributed by atoms with Crippen molar-refractivity contribution in [2.75, 3.05) is 13.1 Å². The molecular formula is C18H21ClN4O. The van der Waals surface area contributed by atoms with E-state index in [1.54, 1.807) is 12.4 Å². The van der Waals surface area contributed by atoms with E-state index in [0.717, 1.165) is 24.2 Å². The molecule has 3 aliphatic heterocycles. The average molecular weight is 345 g/mol. The monoisotopic (exact) mass is 344 g/mol. The molecule has 2 atom stereocenters. The molecule has 3 saturated heterocycles. The molecule has 2 bridgehead atoms. The Labute approximate surface area is 146 Å². The number of carbonyl (C=O) groups excluding carboxylic acids is 1. The smallest absolute Gasteiger partial charge is 0.332 e. The van der Waals surface area contributed by atoms with Crippen LogP contribution in [-0.4, -0.2) is 45.9 Å². The maximum Gasteiger partial charge on any atom is 0.342 e. The van der Waals surface area contributed by atoms with Crippen LogP contribution < -0.4 is 5.32 Å². The van der Waals surface area contributed by atoms with Crippen LogP contribution in [-0.2, 0) is 0 Å². The van der Waals surface area contributed by atoms with Crippen molar-refractivity contribution in [1.29, 1.82) is 0 Å². The minimum atomic E-state index is -0.168. The standard InChI is InChI=1S/C18H21ClN4O/c1-12-17(13-6-8-22(12)9-7-13)21-18(24)23-11-14(10-20-23)15-4-2-3-5-16(15)19/h2-5,10-13,17H,6-9H2,1H3,(H,21,24)/t12-,17-/m0/s1. The summed E-state index contributed by atoms with van der Waals surface area (Å²) in [4.78, 5) is 15.1. The third-order valence-corrected chi connectivity index (χ3v) is 5.77. The van der Waals surface area contributed by atoms with Crippen molar-refractivity contribution in [2.45, 2.75) is 31.8 Å². The third kappa shape index (κ3) is 2.72. The molecule has 1 aromatic heterocycles. The highest BCUT2D eigenvalue weighted by Crippen LogP contribution is 2.32. The first kappa shape index (κ1) is 15.7. The van der Waals surface area contributed by atoms with E-state index >= 15 is 0 Å². The maximum absolute atomic E-state index is 12.6. The van der Waals surface area contributed by atoms with Gasteiger partial charge in [0.1, 0.15) is 0 Å². The molecular weight excluding hydrogens is 324 g/mol. The quantitative estimate of drug-likeness (QED) is 0.909. The lowest BCUT2D eigenvalue weighted by Gasteiger charge is -2.49. The molecule has 4 heterocycles. The number of nitrogens with one attached hydrogen (secondary N) is 1. The molecule has 6 heteroatoms. The molecule has 1 aromatic carbocycles. The summed E-state index contributed by atoms with van der Waals surface area (Å²) in [5.41, 5.74) is 1.73. The Morgan fingerprint density at radius 3 is 2.75 bits per heavy atom. The van der Waals surface area contributed by atoms with Crippen molar-refractivity contribution >= 4 is 17.6 Å². The van der Waals surface area contributed by atoms with Crippen molar-refractivity contribution in [1.82, 2.24) is 20.0 Å². The summed E-state index contributed by atoms with van der Waals surface area (Å²) in [5.74, 6) is 0.576. The zero-order chi connectivity index (χ0) is 16.7. The zero-order valence-electron chi connectivity index (χ0n) is 13.7. The predicted molar refractivity (Wildman–Crippen MR) is 94.1 cm³/mol. The maximum atomic E-state index is 12.6. The molecule has 3 fully saturated rings. The molecule has 0 radical (unpaired) electrons. The first-order chi connectivity index (χ1) is 11.6. The van der Waals surface area contributed by atoms with Crippen LogP contribution in [0.4, 0.5) is 4.79 Å². The van der Waals surface area contributed by atoms with Gasteiger partial charge in [-0.3, -0.25) is 4.90 Å². The first-order valence-electron chi connectivity index (χ1n) is 8.48. The van der Waals surface area contributed by atoms with Crippen LogP contribution in [0.25, 0.3) is 11.1 Å². The number of halogens is 1. The number of hydrogen-bond donors (Lipinski definition) is 1. The van der Waals surface area contributed by atoms with Gasteiger partial charge in [0, 0.05) is 34.4 Å². The van der Waals surface area contributed by atoms with Crippen molar-refractivity contribution < 1.29 is 4.79 Å². The normalized spacial score (nSPS) is 28.8. The second-order valence-corrected chi connectivity index (χ2v) is 7.15. The average Bonchev–Trinajstić information content (AvgIpc) is 3.09. The second kappa shape index (κ2) is 6.22. The molecule has 2 aromatic rings. The van der Waals surface area contributed by atoms with Gasteiger partial charge in [-0.15, -0.1) is 0 Å². The molecule has 0 spiro atoms. The minimum absolute atomic E-state index is 0.168. The van der Waals surface area contributed by atoms with Crippen LogP contribution in [0.15, 0.2) is 36.7 Å². The Bertz CT molecular complexity index is 749. The molecule has 0 unspecified atom stereocenters. The third-order valence-electron chi connectivity index (χ3n) is 5.44. The van der Waals surface area contributed by atoms with Gasteiger partial charge in [-0.1, -0.05) is 29.8 Å². The van der Waals surface area contributed by atoms with Gasteiger partial charge in [0.25, 0.3) is 0 Å². The first-order valence-corrected chi connectivity index (χ1v) is 8.86. The number of benzene rings is 1. The number of fused-ring (bicyclic) bond motifs is 3.